The van der Waals surface area contributed by atoms with Crippen LogP contribution in [0.2, 0.25) is 0 Å². The molecule has 0 saturated carbocycles. The van der Waals surface area contributed by atoms with Crippen LogP contribution in [0, 0.1) is 11.8 Å². The fourth-order valence-corrected chi connectivity index (χ4v) is 1.34. The van der Waals surface area contributed by atoms with Gasteiger partial charge < -0.3 is 69.6 Å². The molecule has 4 unspecified atom stereocenters. The number of aliphatic hydroxyl groups is 2. The molecule has 0 aromatic heterocycles. The van der Waals surface area contributed by atoms with E-state index in [2.05, 4.69) is 0 Å². The molecule has 0 fully saturated rings. The molecular weight excluding hydrogens is 724 g/mol. The second-order valence-corrected chi connectivity index (χ2v) is 4.53. The van der Waals surface area contributed by atoms with Gasteiger partial charge in [0.25, 0.3) is 0 Å². The number of rotatable bonds is 10. The van der Waals surface area contributed by atoms with Crippen molar-refractivity contribution in [3.63, 3.8) is 0 Å². The second-order valence-electron chi connectivity index (χ2n) is 4.53. The predicted molar refractivity (Wildman–Crippen MR) is 75.5 cm³/mol. The summed E-state index contributed by atoms with van der Waals surface area (Å²) in [6.07, 6.45) is -7.11. The third-order valence-corrected chi connectivity index (χ3v) is 2.62. The van der Waals surface area contributed by atoms with Gasteiger partial charge >= 0.3 is 71.7 Å². The first kappa shape index (κ1) is 38.7. The zero-order chi connectivity index (χ0) is 21.2. The Labute approximate surface area is 212 Å². The standard InChI is InChI=1S/2C6H8O7.3Sn/c2*7-3(8)1-2(5(10)11)4(9)6(12)13;;;/h2*2,4,9H,1H2,(H,7,8)(H,10,11)(H,12,13);;;/q;;3*+2/p-6. The van der Waals surface area contributed by atoms with Crippen LogP contribution in [-0.2, 0) is 28.8 Å². The monoisotopic (exact) mass is 738 g/mol. The van der Waals surface area contributed by atoms with E-state index in [1.165, 1.54) is 0 Å². The number of carbonyl (C=O) groups is 6. The molecule has 0 rings (SSSR count). The predicted octanol–water partition coefficient (Wildman–Crippen LogP) is -11.9. The second kappa shape index (κ2) is 19.1. The van der Waals surface area contributed by atoms with Crippen LogP contribution in [0.5, 0.6) is 0 Å². The van der Waals surface area contributed by atoms with Crippen LogP contribution in [0.15, 0.2) is 0 Å². The van der Waals surface area contributed by atoms with Gasteiger partial charge in [-0.15, -0.1) is 0 Å². The van der Waals surface area contributed by atoms with Crippen molar-refractivity contribution >= 4 is 108 Å². The Hall–Kier alpha value is -0.864. The van der Waals surface area contributed by atoms with E-state index in [-0.39, 0.29) is 71.7 Å². The van der Waals surface area contributed by atoms with Crippen molar-refractivity contribution in [2.75, 3.05) is 0 Å². The molecule has 0 aliphatic heterocycles. The molecule has 0 aliphatic carbocycles. The topological polar surface area (TPSA) is 281 Å². The molecule has 14 nitrogen and oxygen atoms in total. The maximum Gasteiger partial charge on any atom is 2.00 e. The molecule has 2 N–H and O–H groups in total. The van der Waals surface area contributed by atoms with Gasteiger partial charge in [0.05, 0.1) is 11.9 Å². The Bertz CT molecular complexity index is 530. The Morgan fingerprint density at radius 2 is 0.724 bits per heavy atom. The Morgan fingerprint density at radius 3 is 0.828 bits per heavy atom. The minimum Gasteiger partial charge on any atom is -0.550 e. The summed E-state index contributed by atoms with van der Waals surface area (Å²) in [5.74, 6) is -15.8. The molecule has 154 valence electrons. The summed E-state index contributed by atoms with van der Waals surface area (Å²) in [6, 6.07) is 0. The zero-order valence-corrected chi connectivity index (χ0v) is 22.6. The van der Waals surface area contributed by atoms with Gasteiger partial charge in [-0.1, -0.05) is 0 Å². The Kier molecular flexibility index (Phi) is 25.5. The third kappa shape index (κ3) is 17.7. The normalized spacial score (nSPS) is 13.0. The van der Waals surface area contributed by atoms with Crippen LogP contribution in [0.25, 0.3) is 0 Å². The molecule has 0 heterocycles. The van der Waals surface area contributed by atoms with Crippen molar-refractivity contribution in [2.45, 2.75) is 25.0 Å². The zero-order valence-electron chi connectivity index (χ0n) is 14.0. The van der Waals surface area contributed by atoms with Crippen molar-refractivity contribution in [3.05, 3.63) is 0 Å². The van der Waals surface area contributed by atoms with Crippen molar-refractivity contribution < 1.29 is 69.6 Å². The minimum atomic E-state index is -2.41. The van der Waals surface area contributed by atoms with Crippen LogP contribution in [0.3, 0.4) is 0 Å². The van der Waals surface area contributed by atoms with Crippen molar-refractivity contribution in [2.24, 2.45) is 11.8 Å². The number of aliphatic hydroxyl groups excluding tert-OH is 2. The summed E-state index contributed by atoms with van der Waals surface area (Å²) in [5.41, 5.74) is 0. The maximum atomic E-state index is 10.1. The molecule has 0 aliphatic rings. The summed E-state index contributed by atoms with van der Waals surface area (Å²) in [5, 5.41) is 77.3. The summed E-state index contributed by atoms with van der Waals surface area (Å²) >= 11 is 0. The molecule has 0 bridgehead atoms. The summed E-state index contributed by atoms with van der Waals surface area (Å²) in [7, 11) is 0. The van der Waals surface area contributed by atoms with Gasteiger partial charge in [0.1, 0.15) is 12.2 Å². The van der Waals surface area contributed by atoms with Gasteiger partial charge in [0.2, 0.25) is 0 Å². The summed E-state index contributed by atoms with van der Waals surface area (Å²) in [4.78, 5) is 60.0. The third-order valence-electron chi connectivity index (χ3n) is 2.62. The van der Waals surface area contributed by atoms with Gasteiger partial charge in [-0.25, -0.2) is 0 Å². The van der Waals surface area contributed by atoms with Gasteiger partial charge in [-0.05, 0) is 12.8 Å². The quantitative estimate of drug-likeness (QED) is 0.197. The molecule has 0 saturated heterocycles. The van der Waals surface area contributed by atoms with Crippen LogP contribution in [-0.4, -0.2) is 130 Å². The van der Waals surface area contributed by atoms with Gasteiger partial charge in [0.15, 0.2) is 0 Å². The Balaban J connectivity index is -0.000000120. The van der Waals surface area contributed by atoms with Gasteiger partial charge in [-0.2, -0.15) is 0 Å². The molecule has 4 atom stereocenters. The van der Waals surface area contributed by atoms with E-state index in [0.29, 0.717) is 0 Å². The molecular formula is C12H10O14Sn3. The average Bonchev–Trinajstić information content (AvgIpc) is 2.48. The number of aliphatic carboxylic acids is 6. The number of hydrogen-bond donors (Lipinski definition) is 2. The first-order valence-corrected chi connectivity index (χ1v) is 6.31. The van der Waals surface area contributed by atoms with Crippen LogP contribution in [0.1, 0.15) is 12.8 Å². The largest absolute Gasteiger partial charge is 2.00 e. The summed E-state index contributed by atoms with van der Waals surface area (Å²) < 4.78 is 0. The van der Waals surface area contributed by atoms with Crippen molar-refractivity contribution in [3.8, 4) is 0 Å². The average molecular weight is 734 g/mol. The van der Waals surface area contributed by atoms with Crippen LogP contribution in [0.4, 0.5) is 0 Å². The fourth-order valence-electron chi connectivity index (χ4n) is 1.34. The van der Waals surface area contributed by atoms with Crippen molar-refractivity contribution in [1.29, 1.82) is 0 Å². The minimum absolute atomic E-state index is 0. The summed E-state index contributed by atoms with van der Waals surface area (Å²) in [6.45, 7) is 0. The van der Waals surface area contributed by atoms with E-state index in [1.807, 2.05) is 0 Å². The van der Waals surface area contributed by atoms with E-state index in [0.717, 1.165) is 0 Å². The molecule has 29 heavy (non-hydrogen) atoms. The van der Waals surface area contributed by atoms with Crippen LogP contribution < -0.4 is 30.6 Å². The number of carboxylic acids is 6. The number of carbonyl (C=O) groups excluding carboxylic acids is 6. The first-order valence-electron chi connectivity index (χ1n) is 6.31. The van der Waals surface area contributed by atoms with Gasteiger partial charge in [0, 0.05) is 35.7 Å². The van der Waals surface area contributed by atoms with E-state index in [1.54, 1.807) is 0 Å². The molecule has 17 heteroatoms. The SMILES string of the molecule is O=C([O-])CC(C(=O)[O-])C(O)C(=O)[O-].O=C([O-])CC(C(=O)[O-])C(O)C(=O)[O-].[Sn+2].[Sn+2].[Sn+2]. The molecule has 0 amide bonds. The number of carboxylic acid groups (broad SMARTS) is 6. The van der Waals surface area contributed by atoms with E-state index >= 15 is 0 Å². The van der Waals surface area contributed by atoms with Gasteiger partial charge in [-0.3, -0.25) is 0 Å². The molecule has 0 aromatic carbocycles. The molecule has 6 radical (unpaired) electrons. The molecule has 0 spiro atoms. The number of hydrogen-bond acceptors (Lipinski definition) is 14. The van der Waals surface area contributed by atoms with E-state index in [9.17, 15) is 59.4 Å². The van der Waals surface area contributed by atoms with E-state index < -0.39 is 72.7 Å². The van der Waals surface area contributed by atoms with Crippen molar-refractivity contribution in [1.82, 2.24) is 0 Å². The maximum absolute atomic E-state index is 10.1. The smallest absolute Gasteiger partial charge is 0.550 e. The van der Waals surface area contributed by atoms with Crippen LogP contribution >= 0.6 is 0 Å². The molecule has 0 aromatic rings. The fraction of sp³-hybridized carbons (Fsp3) is 0.500. The van der Waals surface area contributed by atoms with E-state index in [4.69, 9.17) is 10.2 Å². The first-order chi connectivity index (χ1) is 11.7. The Morgan fingerprint density at radius 1 is 0.517 bits per heavy atom.